The zero-order chi connectivity index (χ0) is 13.6. The van der Waals surface area contributed by atoms with E-state index >= 15 is 0 Å². The molecule has 0 saturated heterocycles. The van der Waals surface area contributed by atoms with E-state index in [1.807, 2.05) is 11.8 Å². The Morgan fingerprint density at radius 1 is 1.16 bits per heavy atom. The molecule has 1 atom stereocenters. The molecule has 0 amide bonds. The molecule has 2 nitrogen and oxygen atoms in total. The predicted molar refractivity (Wildman–Crippen MR) is 89.1 cm³/mol. The molecule has 0 aliphatic heterocycles. The van der Waals surface area contributed by atoms with Crippen molar-refractivity contribution in [2.24, 2.45) is 11.5 Å². The maximum absolute atomic E-state index is 6.30. The summed E-state index contributed by atoms with van der Waals surface area (Å²) in [4.78, 5) is 1.31. The smallest absolute Gasteiger partial charge is 0.0306 e. The van der Waals surface area contributed by atoms with Crippen LogP contribution in [-0.4, -0.2) is 11.3 Å². The lowest BCUT2D eigenvalue weighted by Crippen LogP contribution is -2.14. The zero-order valence-corrected chi connectivity index (χ0v) is 13.8. The summed E-state index contributed by atoms with van der Waals surface area (Å²) in [5.74, 6) is 0. The highest BCUT2D eigenvalue weighted by atomic mass is 35.5. The molecule has 0 aliphatic rings. The van der Waals surface area contributed by atoms with Gasteiger partial charge in [0.1, 0.15) is 0 Å². The van der Waals surface area contributed by atoms with Crippen molar-refractivity contribution >= 4 is 24.2 Å². The molecule has 1 aromatic rings. The van der Waals surface area contributed by atoms with E-state index in [4.69, 9.17) is 11.5 Å². The summed E-state index contributed by atoms with van der Waals surface area (Å²) in [6, 6.07) is 8.62. The van der Waals surface area contributed by atoms with Crippen LogP contribution in [0, 0.1) is 0 Å². The fourth-order valence-electron chi connectivity index (χ4n) is 1.87. The first-order chi connectivity index (χ1) is 8.44. The van der Waals surface area contributed by atoms with Gasteiger partial charge in [-0.25, -0.2) is 0 Å². The van der Waals surface area contributed by atoms with Crippen molar-refractivity contribution in [1.29, 1.82) is 0 Å². The minimum atomic E-state index is 0. The van der Waals surface area contributed by atoms with Crippen LogP contribution in [0.2, 0.25) is 0 Å². The Bertz CT molecular complexity index is 363. The monoisotopic (exact) mass is 302 g/mol. The lowest BCUT2D eigenvalue weighted by atomic mass is 10.0. The highest BCUT2D eigenvalue weighted by Gasteiger charge is 2.17. The number of thioether (sulfide) groups is 1. The van der Waals surface area contributed by atoms with E-state index in [0.717, 1.165) is 25.8 Å². The molecule has 0 heterocycles. The number of hydrogen-bond donors (Lipinski definition) is 2. The Labute approximate surface area is 128 Å². The van der Waals surface area contributed by atoms with Gasteiger partial charge in [0.2, 0.25) is 0 Å². The van der Waals surface area contributed by atoms with Crippen LogP contribution in [0.15, 0.2) is 29.2 Å². The number of halogens is 1. The van der Waals surface area contributed by atoms with E-state index in [2.05, 4.69) is 45.0 Å². The minimum Gasteiger partial charge on any atom is -0.330 e. The van der Waals surface area contributed by atoms with E-state index in [-0.39, 0.29) is 23.2 Å². The Morgan fingerprint density at radius 3 is 2.37 bits per heavy atom. The van der Waals surface area contributed by atoms with Crippen molar-refractivity contribution in [3.05, 3.63) is 29.8 Å². The molecule has 110 valence electrons. The predicted octanol–water partition coefficient (Wildman–Crippen LogP) is 4.13. The van der Waals surface area contributed by atoms with Crippen LogP contribution in [0.25, 0.3) is 0 Å². The summed E-state index contributed by atoms with van der Waals surface area (Å²) in [5.41, 5.74) is 13.1. The summed E-state index contributed by atoms with van der Waals surface area (Å²) in [7, 11) is 0. The summed E-state index contributed by atoms with van der Waals surface area (Å²) in [6.45, 7) is 7.45. The van der Waals surface area contributed by atoms with Crippen LogP contribution in [0.5, 0.6) is 0 Å². The van der Waals surface area contributed by atoms with Crippen molar-refractivity contribution in [1.82, 2.24) is 0 Å². The van der Waals surface area contributed by atoms with Gasteiger partial charge in [-0.3, -0.25) is 0 Å². The highest BCUT2D eigenvalue weighted by Crippen LogP contribution is 2.36. The second kappa shape index (κ2) is 8.85. The summed E-state index contributed by atoms with van der Waals surface area (Å²) < 4.78 is 0.215. The van der Waals surface area contributed by atoms with Gasteiger partial charge in [0.25, 0.3) is 0 Å². The van der Waals surface area contributed by atoms with E-state index in [1.165, 1.54) is 10.5 Å². The molecule has 1 aromatic carbocycles. The summed E-state index contributed by atoms with van der Waals surface area (Å²) in [6.07, 6.45) is 3.17. The number of rotatable bonds is 6. The lowest BCUT2D eigenvalue weighted by molar-refractivity contribution is 0.584. The van der Waals surface area contributed by atoms with E-state index in [1.54, 1.807) is 0 Å². The van der Waals surface area contributed by atoms with E-state index in [9.17, 15) is 0 Å². The van der Waals surface area contributed by atoms with Gasteiger partial charge in [-0.05, 0) is 31.0 Å². The maximum Gasteiger partial charge on any atom is 0.0306 e. The molecule has 1 rings (SSSR count). The van der Waals surface area contributed by atoms with Crippen LogP contribution in [0.1, 0.15) is 51.6 Å². The third kappa shape index (κ3) is 7.21. The zero-order valence-electron chi connectivity index (χ0n) is 12.2. The third-order valence-electron chi connectivity index (χ3n) is 2.70. The van der Waals surface area contributed by atoms with E-state index in [0.29, 0.717) is 0 Å². The third-order valence-corrected chi connectivity index (χ3v) is 3.91. The van der Waals surface area contributed by atoms with Crippen LogP contribution in [-0.2, 0) is 0 Å². The van der Waals surface area contributed by atoms with Crippen LogP contribution in [0.4, 0.5) is 0 Å². The number of benzene rings is 1. The van der Waals surface area contributed by atoms with Crippen molar-refractivity contribution in [2.45, 2.75) is 55.7 Å². The Balaban J connectivity index is 0.00000324. The quantitative estimate of drug-likeness (QED) is 0.614. The minimum absolute atomic E-state index is 0. The Morgan fingerprint density at radius 2 is 1.79 bits per heavy atom. The van der Waals surface area contributed by atoms with Gasteiger partial charge >= 0.3 is 0 Å². The van der Waals surface area contributed by atoms with Gasteiger partial charge < -0.3 is 11.5 Å². The molecule has 0 saturated carbocycles. The Kier molecular flexibility index (Phi) is 8.75. The number of unbranched alkanes of at least 4 members (excludes halogenated alkanes) is 1. The molecule has 4 N–H and O–H groups in total. The van der Waals surface area contributed by atoms with Crippen LogP contribution < -0.4 is 11.5 Å². The molecule has 4 heteroatoms. The summed E-state index contributed by atoms with van der Waals surface area (Å²) >= 11 is 1.89. The van der Waals surface area contributed by atoms with E-state index < -0.39 is 0 Å². The summed E-state index contributed by atoms with van der Waals surface area (Å²) in [5, 5.41) is 0. The molecular formula is C15H27ClN2S. The van der Waals surface area contributed by atoms with Gasteiger partial charge in [0.05, 0.1) is 0 Å². The molecule has 0 radical (unpaired) electrons. The van der Waals surface area contributed by atoms with Crippen molar-refractivity contribution in [2.75, 3.05) is 6.54 Å². The molecule has 0 fully saturated rings. The second-order valence-corrected chi connectivity index (χ2v) is 7.51. The van der Waals surface area contributed by atoms with Gasteiger partial charge in [-0.1, -0.05) is 45.4 Å². The first kappa shape index (κ1) is 18.8. The van der Waals surface area contributed by atoms with Gasteiger partial charge in [-0.15, -0.1) is 24.2 Å². The van der Waals surface area contributed by atoms with Gasteiger partial charge in [-0.2, -0.15) is 0 Å². The van der Waals surface area contributed by atoms with Crippen molar-refractivity contribution < 1.29 is 0 Å². The van der Waals surface area contributed by atoms with Gasteiger partial charge in [0.15, 0.2) is 0 Å². The maximum atomic E-state index is 6.30. The lowest BCUT2D eigenvalue weighted by Gasteiger charge is -2.22. The first-order valence-electron chi connectivity index (χ1n) is 6.67. The average molecular weight is 303 g/mol. The molecule has 0 spiro atoms. The fraction of sp³-hybridized carbons (Fsp3) is 0.600. The van der Waals surface area contributed by atoms with Crippen LogP contribution >= 0.6 is 24.2 Å². The number of nitrogens with two attached hydrogens (primary N) is 2. The normalized spacial score (nSPS) is 12.9. The molecule has 0 aromatic heterocycles. The second-order valence-electron chi connectivity index (χ2n) is 5.64. The van der Waals surface area contributed by atoms with Crippen molar-refractivity contribution in [3.8, 4) is 0 Å². The largest absolute Gasteiger partial charge is 0.330 e. The molecule has 0 bridgehead atoms. The molecular weight excluding hydrogens is 276 g/mol. The van der Waals surface area contributed by atoms with Crippen LogP contribution in [0.3, 0.4) is 0 Å². The average Bonchev–Trinajstić information content (AvgIpc) is 2.27. The molecule has 19 heavy (non-hydrogen) atoms. The topological polar surface area (TPSA) is 52.0 Å². The van der Waals surface area contributed by atoms with Gasteiger partial charge in [0, 0.05) is 15.7 Å². The van der Waals surface area contributed by atoms with Crippen molar-refractivity contribution in [3.63, 3.8) is 0 Å². The molecule has 0 aliphatic carbocycles. The SMILES string of the molecule is CC(C)(C)Sc1ccccc1[C@@H](N)CCCCN.Cl. The highest BCUT2D eigenvalue weighted by molar-refractivity contribution is 8.00. The fourth-order valence-corrected chi connectivity index (χ4v) is 3.02. The number of hydrogen-bond acceptors (Lipinski definition) is 3. The first-order valence-corrected chi connectivity index (χ1v) is 7.49. The Hall–Kier alpha value is -0.220. The molecule has 0 unspecified atom stereocenters. The standard InChI is InChI=1S/C15H26N2S.ClH/c1-15(2,3)18-14-10-5-4-8-12(14)13(17)9-6-7-11-16;/h4-5,8,10,13H,6-7,9,11,16-17H2,1-3H3;1H/t13-;/m0./s1.